The molecule has 0 saturated heterocycles. The van der Waals surface area contributed by atoms with Crippen LogP contribution in [0.3, 0.4) is 0 Å². The van der Waals surface area contributed by atoms with Crippen molar-refractivity contribution in [1.82, 2.24) is 0 Å². The second-order valence-electron chi connectivity index (χ2n) is 11.2. The number of anilines is 2. The van der Waals surface area contributed by atoms with Gasteiger partial charge in [0.15, 0.2) is 0 Å². The molecule has 4 heterocycles. The highest BCUT2D eigenvalue weighted by Gasteiger charge is 2.44. The van der Waals surface area contributed by atoms with Crippen LogP contribution in [0.25, 0.3) is 32.0 Å². The summed E-state index contributed by atoms with van der Waals surface area (Å²) in [6, 6.07) is 25.0. The van der Waals surface area contributed by atoms with Gasteiger partial charge in [-0.3, -0.25) is 9.59 Å². The quantitative estimate of drug-likeness (QED) is 0.121. The normalized spacial score (nSPS) is 16.0. The van der Waals surface area contributed by atoms with E-state index >= 15 is 0 Å². The predicted molar refractivity (Wildman–Crippen MR) is 179 cm³/mol. The highest BCUT2D eigenvalue weighted by molar-refractivity contribution is 7.19. The largest absolute Gasteiger partial charge is 0.307 e. The lowest BCUT2D eigenvalue weighted by Crippen LogP contribution is -2.30. The molecule has 0 atom stereocenters. The number of amides is 2. The first kappa shape index (κ1) is 28.6. The first-order valence-corrected chi connectivity index (χ1v) is 17.0. The first-order chi connectivity index (χ1) is 20.6. The van der Waals surface area contributed by atoms with Crippen LogP contribution >= 0.6 is 22.7 Å². The lowest BCUT2D eigenvalue weighted by atomic mass is 10.1. The monoisotopic (exact) mass is 594 g/mol. The van der Waals surface area contributed by atoms with E-state index in [0.29, 0.717) is 24.2 Å². The molecule has 0 unspecified atom stereocenters. The SMILES string of the molecule is CCCCCCN1C(=O)/C(=C2/C(=O)N(CCCCCC)c3cc(-c4ccccc4)sc32)c2sc(-c3ccccc3)cc21. The molecule has 0 aliphatic carbocycles. The highest BCUT2D eigenvalue weighted by Crippen LogP contribution is 2.54. The fourth-order valence-corrected chi connectivity index (χ4v) is 8.39. The maximum Gasteiger partial charge on any atom is 0.260 e. The molecule has 4 aromatic rings. The van der Waals surface area contributed by atoms with Crippen molar-refractivity contribution in [3.63, 3.8) is 0 Å². The fraction of sp³-hybridized carbons (Fsp3) is 0.333. The third kappa shape index (κ3) is 5.38. The van der Waals surface area contributed by atoms with Crippen LogP contribution in [0.4, 0.5) is 11.4 Å². The topological polar surface area (TPSA) is 40.6 Å². The van der Waals surface area contributed by atoms with Gasteiger partial charge in [-0.2, -0.15) is 0 Å². The minimum atomic E-state index is -0.0239. The van der Waals surface area contributed by atoms with Crippen molar-refractivity contribution in [2.24, 2.45) is 0 Å². The Morgan fingerprint density at radius 3 is 1.33 bits per heavy atom. The van der Waals surface area contributed by atoms with E-state index in [2.05, 4.69) is 50.2 Å². The van der Waals surface area contributed by atoms with E-state index in [9.17, 15) is 9.59 Å². The van der Waals surface area contributed by atoms with E-state index in [1.807, 2.05) is 46.2 Å². The van der Waals surface area contributed by atoms with Gasteiger partial charge in [-0.25, -0.2) is 0 Å². The van der Waals surface area contributed by atoms with Crippen LogP contribution in [-0.4, -0.2) is 24.9 Å². The van der Waals surface area contributed by atoms with Gasteiger partial charge >= 0.3 is 0 Å². The fourth-order valence-electron chi connectivity index (χ4n) is 5.97. The Kier molecular flexibility index (Phi) is 8.73. The molecule has 0 fully saturated rings. The molecule has 2 aliphatic heterocycles. The summed E-state index contributed by atoms with van der Waals surface area (Å²) in [5, 5.41) is 0. The molecule has 0 radical (unpaired) electrons. The van der Waals surface area contributed by atoms with Gasteiger partial charge in [0.25, 0.3) is 11.8 Å². The number of hydrogen-bond donors (Lipinski definition) is 0. The van der Waals surface area contributed by atoms with Crippen molar-refractivity contribution in [2.75, 3.05) is 22.9 Å². The zero-order valence-corrected chi connectivity index (χ0v) is 26.2. The third-order valence-electron chi connectivity index (χ3n) is 8.22. The second-order valence-corrected chi connectivity index (χ2v) is 13.3. The van der Waals surface area contributed by atoms with Gasteiger partial charge < -0.3 is 9.80 Å². The third-order valence-corrected chi connectivity index (χ3v) is 10.6. The van der Waals surface area contributed by atoms with E-state index in [4.69, 9.17) is 0 Å². The molecule has 0 spiro atoms. The predicted octanol–water partition coefficient (Wildman–Crippen LogP) is 9.91. The standard InChI is InChI=1S/C36H38N2O2S2/c1-3-5-7-15-21-37-27-23-29(25-17-11-9-12-18-25)41-33(27)31(35(37)39)32-34-28(38(36(32)40)22-16-8-6-4-2)24-30(42-34)26-19-13-10-14-20-26/h9-14,17-20,23-24H,3-8,15-16,21-22H2,1-2H3/b32-31+. The van der Waals surface area contributed by atoms with Crippen molar-refractivity contribution in [3.05, 3.63) is 82.6 Å². The molecule has 0 bridgehead atoms. The number of carbonyl (C=O) groups is 2. The molecule has 216 valence electrons. The van der Waals surface area contributed by atoms with Crippen molar-refractivity contribution < 1.29 is 9.59 Å². The zero-order chi connectivity index (χ0) is 29.1. The summed E-state index contributed by atoms with van der Waals surface area (Å²) in [7, 11) is 0. The van der Waals surface area contributed by atoms with E-state index in [0.717, 1.165) is 93.4 Å². The molecular formula is C36H38N2O2S2. The number of hydrogen-bond acceptors (Lipinski definition) is 4. The van der Waals surface area contributed by atoms with E-state index in [1.54, 1.807) is 22.7 Å². The average molecular weight is 595 g/mol. The molecular weight excluding hydrogens is 557 g/mol. The van der Waals surface area contributed by atoms with Crippen LogP contribution < -0.4 is 9.80 Å². The van der Waals surface area contributed by atoms with Gasteiger partial charge in [-0.05, 0) is 36.1 Å². The van der Waals surface area contributed by atoms with Crippen molar-refractivity contribution in [2.45, 2.75) is 65.2 Å². The van der Waals surface area contributed by atoms with Crippen LogP contribution in [0.2, 0.25) is 0 Å². The van der Waals surface area contributed by atoms with Crippen LogP contribution in [0.5, 0.6) is 0 Å². The zero-order valence-electron chi connectivity index (χ0n) is 24.5. The van der Waals surface area contributed by atoms with E-state index in [-0.39, 0.29) is 11.8 Å². The summed E-state index contributed by atoms with van der Waals surface area (Å²) in [4.78, 5) is 36.6. The Hall–Kier alpha value is -3.48. The Labute approximate surface area is 257 Å². The van der Waals surface area contributed by atoms with Crippen LogP contribution in [0.1, 0.15) is 75.0 Å². The summed E-state index contributed by atoms with van der Waals surface area (Å²) in [6.45, 7) is 5.76. The van der Waals surface area contributed by atoms with E-state index < -0.39 is 0 Å². The van der Waals surface area contributed by atoms with Gasteiger partial charge in [-0.1, -0.05) is 113 Å². The first-order valence-electron chi connectivity index (χ1n) is 15.4. The summed E-state index contributed by atoms with van der Waals surface area (Å²) in [6.07, 6.45) is 8.73. The van der Waals surface area contributed by atoms with Crippen LogP contribution in [0, 0.1) is 0 Å². The summed E-state index contributed by atoms with van der Waals surface area (Å²) < 4.78 is 0. The Morgan fingerprint density at radius 1 is 0.548 bits per heavy atom. The number of rotatable bonds is 12. The maximum atomic E-state index is 14.3. The Morgan fingerprint density at radius 2 is 0.952 bits per heavy atom. The summed E-state index contributed by atoms with van der Waals surface area (Å²) in [5.41, 5.74) is 5.38. The lowest BCUT2D eigenvalue weighted by Gasteiger charge is -2.17. The van der Waals surface area contributed by atoms with Crippen molar-refractivity contribution in [3.8, 4) is 20.9 Å². The van der Waals surface area contributed by atoms with Crippen molar-refractivity contribution >= 4 is 57.0 Å². The maximum absolute atomic E-state index is 14.3. The molecule has 2 amide bonds. The Bertz CT molecular complexity index is 1480. The molecule has 6 rings (SSSR count). The number of carbonyl (C=O) groups excluding carboxylic acids is 2. The Balaban J connectivity index is 1.47. The molecule has 0 saturated carbocycles. The van der Waals surface area contributed by atoms with Gasteiger partial charge in [0.2, 0.25) is 0 Å². The highest BCUT2D eigenvalue weighted by atomic mass is 32.1. The smallest absolute Gasteiger partial charge is 0.260 e. The number of nitrogens with zero attached hydrogens (tertiary/aromatic N) is 2. The molecule has 4 nitrogen and oxygen atoms in total. The number of fused-ring (bicyclic) bond motifs is 2. The van der Waals surface area contributed by atoms with Gasteiger partial charge in [0.1, 0.15) is 0 Å². The molecule has 6 heteroatoms. The minimum Gasteiger partial charge on any atom is -0.307 e. The molecule has 2 aromatic heterocycles. The molecule has 2 aliphatic rings. The van der Waals surface area contributed by atoms with Crippen molar-refractivity contribution in [1.29, 1.82) is 0 Å². The minimum absolute atomic E-state index is 0.0239. The average Bonchev–Trinajstić information content (AvgIpc) is 3.75. The molecule has 42 heavy (non-hydrogen) atoms. The van der Waals surface area contributed by atoms with Crippen LogP contribution in [-0.2, 0) is 9.59 Å². The van der Waals surface area contributed by atoms with Gasteiger partial charge in [0.05, 0.1) is 32.3 Å². The lowest BCUT2D eigenvalue weighted by molar-refractivity contribution is -0.114. The summed E-state index contributed by atoms with van der Waals surface area (Å²) >= 11 is 3.28. The van der Waals surface area contributed by atoms with E-state index in [1.165, 1.54) is 0 Å². The number of benzene rings is 2. The van der Waals surface area contributed by atoms with Gasteiger partial charge in [-0.15, -0.1) is 22.7 Å². The molecule has 2 aromatic carbocycles. The second kappa shape index (κ2) is 12.8. The number of unbranched alkanes of at least 4 members (excludes halogenated alkanes) is 6. The molecule has 0 N–H and O–H groups in total. The summed E-state index contributed by atoms with van der Waals surface area (Å²) in [5.74, 6) is -0.0479. The number of thiophene rings is 2. The van der Waals surface area contributed by atoms with Crippen LogP contribution in [0.15, 0.2) is 72.8 Å². The van der Waals surface area contributed by atoms with Gasteiger partial charge in [0, 0.05) is 22.8 Å².